The lowest BCUT2D eigenvalue weighted by atomic mass is 9.88. The van der Waals surface area contributed by atoms with E-state index in [4.69, 9.17) is 9.97 Å². The first-order chi connectivity index (χ1) is 23.8. The van der Waals surface area contributed by atoms with Crippen molar-refractivity contribution in [1.29, 1.82) is 0 Å². The zero-order valence-electron chi connectivity index (χ0n) is 26.1. The van der Waals surface area contributed by atoms with E-state index < -0.39 is 0 Å². The molecule has 0 atom stereocenters. The van der Waals surface area contributed by atoms with E-state index in [0.717, 1.165) is 33.9 Å². The predicted octanol–water partition coefficient (Wildman–Crippen LogP) is 11.1. The Kier molecular flexibility index (Phi) is 6.80. The molecule has 0 fully saturated rings. The molecule has 0 aliphatic carbocycles. The highest BCUT2D eigenvalue weighted by Gasteiger charge is 2.20. The van der Waals surface area contributed by atoms with Crippen molar-refractivity contribution in [1.82, 2.24) is 9.97 Å². The maximum Gasteiger partial charge on any atom is 0.308 e. The van der Waals surface area contributed by atoms with E-state index in [1.54, 1.807) is 0 Å². The third-order valence-corrected chi connectivity index (χ3v) is 9.18. The van der Waals surface area contributed by atoms with Gasteiger partial charge in [-0.15, -0.1) is 0 Å². The quantitative estimate of drug-likeness (QED) is 0.181. The van der Waals surface area contributed by atoms with Gasteiger partial charge < -0.3 is 0 Å². The molecule has 0 aliphatic heterocycles. The van der Waals surface area contributed by atoms with Crippen molar-refractivity contribution >= 4 is 32.3 Å². The summed E-state index contributed by atoms with van der Waals surface area (Å²) >= 11 is 0. The van der Waals surface area contributed by atoms with E-state index in [1.807, 2.05) is 36.4 Å². The van der Waals surface area contributed by atoms with Gasteiger partial charge in [0.15, 0.2) is 0 Å². The Bertz CT molecular complexity index is 2540. The smallest absolute Gasteiger partial charge is 0.240 e. The molecule has 0 saturated heterocycles. The Labute approximate surface area is 278 Å². The molecule has 0 spiro atoms. The fraction of sp³-hybridized carbons (Fsp3) is 0. The van der Waals surface area contributed by atoms with Crippen LogP contribution in [0.3, 0.4) is 0 Å². The number of hydrogen-bond acceptors (Lipinski definition) is 2. The number of H-pyrrole nitrogens is 1. The Morgan fingerprint density at radius 3 is 1.52 bits per heavy atom. The van der Waals surface area contributed by atoms with Crippen molar-refractivity contribution < 1.29 is 4.98 Å². The molecule has 1 heterocycles. The van der Waals surface area contributed by atoms with E-state index in [2.05, 4.69) is 145 Å². The van der Waals surface area contributed by atoms with Crippen molar-refractivity contribution in [3.05, 3.63) is 176 Å². The number of hydrogen-bond donors (Lipinski definition) is 0. The van der Waals surface area contributed by atoms with E-state index in [9.17, 15) is 0 Å². The number of aromatic amines is 1. The average Bonchev–Trinajstić information content (AvgIpc) is 3.18. The van der Waals surface area contributed by atoms with Crippen molar-refractivity contribution in [2.24, 2.45) is 0 Å². The normalized spacial score (nSPS) is 11.3. The van der Waals surface area contributed by atoms with Gasteiger partial charge in [0, 0.05) is 0 Å². The molecule has 9 rings (SSSR count). The minimum Gasteiger partial charge on any atom is -0.240 e. The van der Waals surface area contributed by atoms with Crippen molar-refractivity contribution in [3.8, 4) is 56.4 Å². The topological polar surface area (TPSA) is 39.9 Å². The van der Waals surface area contributed by atoms with Gasteiger partial charge in [-0.1, -0.05) is 143 Å². The van der Waals surface area contributed by atoms with Crippen LogP contribution >= 0.6 is 0 Å². The van der Waals surface area contributed by atoms with Gasteiger partial charge in [0.25, 0.3) is 11.6 Å². The predicted molar refractivity (Wildman–Crippen MR) is 198 cm³/mol. The van der Waals surface area contributed by atoms with Gasteiger partial charge in [0.2, 0.25) is 0 Å². The summed E-state index contributed by atoms with van der Waals surface area (Å²) in [6.07, 6.45) is 0. The molecule has 1 N–H and O–H groups in total. The first kappa shape index (κ1) is 27.8. The monoisotopic (exact) mass is 612 g/mol. The molecule has 48 heavy (non-hydrogen) atoms. The van der Waals surface area contributed by atoms with E-state index in [1.165, 1.54) is 49.0 Å². The fourth-order valence-electron chi connectivity index (χ4n) is 6.79. The van der Waals surface area contributed by atoms with Crippen LogP contribution in [0.25, 0.3) is 88.7 Å². The Morgan fingerprint density at radius 2 is 0.833 bits per heavy atom. The van der Waals surface area contributed by atoms with Crippen LogP contribution in [0.15, 0.2) is 176 Å². The number of nitrogens with zero attached hydrogens (tertiary/aromatic N) is 2. The lowest BCUT2D eigenvalue weighted by Crippen LogP contribution is -2.16. The summed E-state index contributed by atoms with van der Waals surface area (Å²) in [5.74, 6) is 2.24. The summed E-state index contributed by atoms with van der Waals surface area (Å²) in [6.45, 7) is 0. The van der Waals surface area contributed by atoms with Crippen LogP contribution in [0.4, 0.5) is 0 Å². The molecule has 0 amide bonds. The minimum atomic E-state index is 0.679. The molecule has 224 valence electrons. The highest BCUT2D eigenvalue weighted by molar-refractivity contribution is 6.10. The zero-order chi connectivity index (χ0) is 31.9. The lowest BCUT2D eigenvalue weighted by molar-refractivity contribution is -0.359. The highest BCUT2D eigenvalue weighted by atomic mass is 15.0. The standard InChI is InChI=1S/C45H29N3/c1-3-13-33(14-4-1)43-46-44(34-15-5-2-6-16-34)48-45(47-43)35-22-20-32(21-23-35)42-40-18-10-8-12-31(40)25-28-41(42)37-26-27-39-36(29-37)24-19-30-11-7-9-17-38(30)39/h1-29H/p+1. The first-order valence-corrected chi connectivity index (χ1v) is 16.3. The van der Waals surface area contributed by atoms with E-state index >= 15 is 0 Å². The molecule has 0 bridgehead atoms. The highest BCUT2D eigenvalue weighted by Crippen LogP contribution is 2.40. The molecule has 1 aromatic heterocycles. The zero-order valence-corrected chi connectivity index (χ0v) is 26.1. The molecule has 0 aliphatic rings. The van der Waals surface area contributed by atoms with Crippen LogP contribution in [0.1, 0.15) is 0 Å². The van der Waals surface area contributed by atoms with Crippen LogP contribution in [-0.2, 0) is 0 Å². The number of rotatable bonds is 5. The van der Waals surface area contributed by atoms with Crippen molar-refractivity contribution in [3.63, 3.8) is 0 Å². The second-order valence-electron chi connectivity index (χ2n) is 12.1. The van der Waals surface area contributed by atoms with Gasteiger partial charge in [-0.25, -0.2) is 4.98 Å². The number of fused-ring (bicyclic) bond motifs is 4. The van der Waals surface area contributed by atoms with Gasteiger partial charge >= 0.3 is 5.82 Å². The maximum atomic E-state index is 5.00. The molecular weight excluding hydrogens is 583 g/mol. The van der Waals surface area contributed by atoms with Crippen LogP contribution in [0, 0.1) is 0 Å². The van der Waals surface area contributed by atoms with Crippen molar-refractivity contribution in [2.75, 3.05) is 0 Å². The van der Waals surface area contributed by atoms with Gasteiger partial charge in [-0.05, 0) is 97.0 Å². The van der Waals surface area contributed by atoms with Crippen molar-refractivity contribution in [2.45, 2.75) is 0 Å². The summed E-state index contributed by atoms with van der Waals surface area (Å²) in [7, 11) is 0. The SMILES string of the molecule is c1ccc(-c2nc(-c3ccc(-c4c(-c5ccc6c(ccc7ccccc76)c5)ccc5ccccc45)cc3)nc(-c3ccccc3)[nH+]2)cc1. The largest absolute Gasteiger partial charge is 0.308 e. The van der Waals surface area contributed by atoms with Crippen LogP contribution < -0.4 is 4.98 Å². The summed E-state index contributed by atoms with van der Waals surface area (Å²) in [6, 6.07) is 62.2. The van der Waals surface area contributed by atoms with Crippen LogP contribution in [0.5, 0.6) is 0 Å². The first-order valence-electron chi connectivity index (χ1n) is 16.3. The van der Waals surface area contributed by atoms with E-state index in [0.29, 0.717) is 5.82 Å². The molecule has 0 radical (unpaired) electrons. The minimum absolute atomic E-state index is 0.679. The van der Waals surface area contributed by atoms with Gasteiger partial charge in [0.05, 0.1) is 16.7 Å². The maximum absolute atomic E-state index is 5.00. The Hall–Kier alpha value is -6.45. The molecule has 8 aromatic carbocycles. The molecule has 0 saturated carbocycles. The van der Waals surface area contributed by atoms with Crippen LogP contribution in [0.2, 0.25) is 0 Å². The fourth-order valence-corrected chi connectivity index (χ4v) is 6.79. The third kappa shape index (κ3) is 4.99. The molecule has 3 nitrogen and oxygen atoms in total. The molecule has 0 unspecified atom stereocenters. The summed E-state index contributed by atoms with van der Waals surface area (Å²) in [5.41, 5.74) is 7.76. The lowest BCUT2D eigenvalue weighted by Gasteiger charge is -2.15. The molecule has 3 heteroatoms. The summed E-state index contributed by atoms with van der Waals surface area (Å²) in [5, 5.41) is 7.49. The summed E-state index contributed by atoms with van der Waals surface area (Å²) in [4.78, 5) is 13.5. The number of aromatic nitrogens is 3. The summed E-state index contributed by atoms with van der Waals surface area (Å²) < 4.78 is 0. The molecular formula is C45H30N3+. The average molecular weight is 613 g/mol. The third-order valence-electron chi connectivity index (χ3n) is 9.18. The van der Waals surface area contributed by atoms with Gasteiger partial charge in [-0.2, -0.15) is 0 Å². The Balaban J connectivity index is 1.18. The van der Waals surface area contributed by atoms with Gasteiger partial charge in [-0.3, -0.25) is 0 Å². The molecule has 9 aromatic rings. The van der Waals surface area contributed by atoms with Crippen LogP contribution in [-0.4, -0.2) is 9.97 Å². The number of benzene rings is 8. The second kappa shape index (κ2) is 11.7. The van der Waals surface area contributed by atoms with E-state index in [-0.39, 0.29) is 0 Å². The van der Waals surface area contributed by atoms with Gasteiger partial charge in [0.1, 0.15) is 0 Å². The second-order valence-corrected chi connectivity index (χ2v) is 12.1. The Morgan fingerprint density at radius 1 is 0.333 bits per heavy atom. The number of nitrogens with one attached hydrogen (secondary N) is 1.